The van der Waals surface area contributed by atoms with Crippen molar-refractivity contribution < 1.29 is 19.4 Å². The quantitative estimate of drug-likeness (QED) is 0.810. The molecule has 19 heavy (non-hydrogen) atoms. The maximum atomic E-state index is 12.5. The van der Waals surface area contributed by atoms with Crippen molar-refractivity contribution in [2.45, 2.75) is 38.1 Å². The van der Waals surface area contributed by atoms with Crippen LogP contribution in [-0.2, 0) is 14.3 Å². The first-order valence-corrected chi connectivity index (χ1v) is 7.28. The normalized spacial score (nSPS) is 33.8. The smallest absolute Gasteiger partial charge is 0.307 e. The Morgan fingerprint density at radius 3 is 2.32 bits per heavy atom. The predicted molar refractivity (Wildman–Crippen MR) is 67.5 cm³/mol. The molecule has 2 saturated carbocycles. The Morgan fingerprint density at radius 2 is 1.84 bits per heavy atom. The van der Waals surface area contributed by atoms with Gasteiger partial charge in [-0.2, -0.15) is 0 Å². The standard InChI is InChI=1S/C14H21NO4/c16-13(11-3-4-12(11)14(17)18)15(10-1-2-10)7-9-5-6-19-8-9/h9-12H,1-8H2,(H,17,18). The van der Waals surface area contributed by atoms with Gasteiger partial charge in [0.2, 0.25) is 5.91 Å². The molecule has 1 heterocycles. The molecule has 3 atom stereocenters. The molecule has 3 aliphatic rings. The summed E-state index contributed by atoms with van der Waals surface area (Å²) in [6, 6.07) is 0.364. The minimum atomic E-state index is -0.815. The molecule has 2 aliphatic carbocycles. The van der Waals surface area contributed by atoms with Crippen LogP contribution in [0, 0.1) is 17.8 Å². The average molecular weight is 267 g/mol. The molecule has 0 spiro atoms. The summed E-state index contributed by atoms with van der Waals surface area (Å²) in [5.41, 5.74) is 0. The van der Waals surface area contributed by atoms with Crippen molar-refractivity contribution in [3.8, 4) is 0 Å². The fourth-order valence-corrected chi connectivity index (χ4v) is 3.11. The molecule has 106 valence electrons. The number of hydrogen-bond donors (Lipinski definition) is 1. The molecule has 0 aromatic heterocycles. The lowest BCUT2D eigenvalue weighted by Gasteiger charge is -2.37. The molecular formula is C14H21NO4. The molecule has 0 aromatic carbocycles. The number of carboxylic acid groups (broad SMARTS) is 1. The Balaban J connectivity index is 1.62. The van der Waals surface area contributed by atoms with Crippen LogP contribution in [0.15, 0.2) is 0 Å². The number of ether oxygens (including phenoxy) is 1. The minimum absolute atomic E-state index is 0.0769. The van der Waals surface area contributed by atoms with E-state index in [1.165, 1.54) is 0 Å². The Bertz CT molecular complexity index is 374. The second-order valence-electron chi connectivity index (χ2n) is 6.08. The van der Waals surface area contributed by atoms with Crippen LogP contribution in [0.3, 0.4) is 0 Å². The number of carbonyl (C=O) groups is 2. The van der Waals surface area contributed by atoms with Crippen LogP contribution in [0.25, 0.3) is 0 Å². The zero-order chi connectivity index (χ0) is 13.4. The van der Waals surface area contributed by atoms with Crippen LogP contribution in [0.4, 0.5) is 0 Å². The van der Waals surface area contributed by atoms with Crippen LogP contribution in [0.2, 0.25) is 0 Å². The third-order valence-electron chi connectivity index (χ3n) is 4.66. The van der Waals surface area contributed by atoms with Crippen LogP contribution in [0.1, 0.15) is 32.1 Å². The molecule has 0 bridgehead atoms. The number of hydrogen-bond acceptors (Lipinski definition) is 3. The van der Waals surface area contributed by atoms with E-state index in [0.717, 1.165) is 45.4 Å². The van der Waals surface area contributed by atoms with Gasteiger partial charge in [0.15, 0.2) is 0 Å². The molecular weight excluding hydrogens is 246 g/mol. The first-order chi connectivity index (χ1) is 9.16. The van der Waals surface area contributed by atoms with Crippen LogP contribution in [-0.4, -0.2) is 47.7 Å². The number of amides is 1. The van der Waals surface area contributed by atoms with Gasteiger partial charge in [0.05, 0.1) is 18.4 Å². The van der Waals surface area contributed by atoms with E-state index in [0.29, 0.717) is 18.4 Å². The van der Waals surface area contributed by atoms with E-state index < -0.39 is 11.9 Å². The van der Waals surface area contributed by atoms with Gasteiger partial charge < -0.3 is 14.7 Å². The fraction of sp³-hybridized carbons (Fsp3) is 0.857. The lowest BCUT2D eigenvalue weighted by Crippen LogP contribution is -2.48. The topological polar surface area (TPSA) is 66.8 Å². The van der Waals surface area contributed by atoms with E-state index in [9.17, 15) is 9.59 Å². The van der Waals surface area contributed by atoms with E-state index in [-0.39, 0.29) is 11.8 Å². The second kappa shape index (κ2) is 5.12. The largest absolute Gasteiger partial charge is 0.481 e. The number of carbonyl (C=O) groups excluding carboxylic acids is 1. The maximum Gasteiger partial charge on any atom is 0.307 e. The lowest BCUT2D eigenvalue weighted by atomic mass is 9.72. The summed E-state index contributed by atoms with van der Waals surface area (Å²) in [6.07, 6.45) is 4.55. The Kier molecular flexibility index (Phi) is 3.48. The van der Waals surface area contributed by atoms with Crippen LogP contribution in [0.5, 0.6) is 0 Å². The van der Waals surface area contributed by atoms with Crippen molar-refractivity contribution in [2.75, 3.05) is 19.8 Å². The SMILES string of the molecule is O=C(O)C1CCC1C(=O)N(CC1CCOC1)C1CC1. The number of nitrogens with zero attached hydrogens (tertiary/aromatic N) is 1. The predicted octanol–water partition coefficient (Wildman–Crippen LogP) is 1.12. The summed E-state index contributed by atoms with van der Waals surface area (Å²) in [4.78, 5) is 25.5. The summed E-state index contributed by atoms with van der Waals surface area (Å²) in [5, 5.41) is 9.08. The van der Waals surface area contributed by atoms with E-state index in [2.05, 4.69) is 0 Å². The van der Waals surface area contributed by atoms with E-state index in [1.54, 1.807) is 0 Å². The molecule has 0 aromatic rings. The van der Waals surface area contributed by atoms with Gasteiger partial charge in [-0.05, 0) is 32.1 Å². The fourth-order valence-electron chi connectivity index (χ4n) is 3.11. The molecule has 1 aliphatic heterocycles. The highest BCUT2D eigenvalue weighted by Gasteiger charge is 2.46. The van der Waals surface area contributed by atoms with Crippen LogP contribution >= 0.6 is 0 Å². The van der Waals surface area contributed by atoms with Crippen molar-refractivity contribution in [3.05, 3.63) is 0 Å². The molecule has 3 fully saturated rings. The monoisotopic (exact) mass is 267 g/mol. The first kappa shape index (κ1) is 12.9. The second-order valence-corrected chi connectivity index (χ2v) is 6.08. The van der Waals surface area contributed by atoms with Crippen molar-refractivity contribution in [3.63, 3.8) is 0 Å². The van der Waals surface area contributed by atoms with E-state index >= 15 is 0 Å². The molecule has 1 amide bonds. The van der Waals surface area contributed by atoms with E-state index in [1.807, 2.05) is 4.90 Å². The molecule has 1 N–H and O–H groups in total. The molecule has 5 nitrogen and oxygen atoms in total. The van der Waals surface area contributed by atoms with Crippen molar-refractivity contribution in [2.24, 2.45) is 17.8 Å². The minimum Gasteiger partial charge on any atom is -0.481 e. The van der Waals surface area contributed by atoms with Crippen molar-refractivity contribution in [1.29, 1.82) is 0 Å². The van der Waals surface area contributed by atoms with Crippen molar-refractivity contribution >= 4 is 11.9 Å². The lowest BCUT2D eigenvalue weighted by molar-refractivity contribution is -0.157. The van der Waals surface area contributed by atoms with Gasteiger partial charge in [0.1, 0.15) is 0 Å². The molecule has 3 rings (SSSR count). The highest BCUT2D eigenvalue weighted by molar-refractivity contribution is 5.86. The zero-order valence-corrected chi connectivity index (χ0v) is 11.1. The van der Waals surface area contributed by atoms with Gasteiger partial charge in [0, 0.05) is 25.1 Å². The van der Waals surface area contributed by atoms with Crippen LogP contribution < -0.4 is 0 Å². The average Bonchev–Trinajstić information content (AvgIpc) is 3.01. The molecule has 5 heteroatoms. The van der Waals surface area contributed by atoms with Gasteiger partial charge >= 0.3 is 5.97 Å². The number of rotatable bonds is 5. The number of aliphatic carboxylic acids is 1. The third-order valence-corrected chi connectivity index (χ3v) is 4.66. The maximum absolute atomic E-state index is 12.5. The van der Waals surface area contributed by atoms with Crippen molar-refractivity contribution in [1.82, 2.24) is 4.90 Å². The summed E-state index contributed by atoms with van der Waals surface area (Å²) in [5.74, 6) is -1.03. The Hall–Kier alpha value is -1.10. The third kappa shape index (κ3) is 2.61. The molecule has 3 unspecified atom stereocenters. The number of carboxylic acids is 1. The summed E-state index contributed by atoms with van der Waals surface area (Å²) in [6.45, 7) is 2.29. The first-order valence-electron chi connectivity index (χ1n) is 7.28. The van der Waals surface area contributed by atoms with Gasteiger partial charge in [0.25, 0.3) is 0 Å². The highest BCUT2D eigenvalue weighted by atomic mass is 16.5. The van der Waals surface area contributed by atoms with Gasteiger partial charge in [-0.3, -0.25) is 9.59 Å². The van der Waals surface area contributed by atoms with Gasteiger partial charge in [-0.25, -0.2) is 0 Å². The van der Waals surface area contributed by atoms with E-state index in [4.69, 9.17) is 9.84 Å². The van der Waals surface area contributed by atoms with Gasteiger partial charge in [-0.15, -0.1) is 0 Å². The Labute approximate surface area is 112 Å². The zero-order valence-electron chi connectivity index (χ0n) is 11.1. The summed E-state index contributed by atoms with van der Waals surface area (Å²) >= 11 is 0. The molecule has 0 radical (unpaired) electrons. The molecule has 1 saturated heterocycles. The highest BCUT2D eigenvalue weighted by Crippen LogP contribution is 2.39. The van der Waals surface area contributed by atoms with Gasteiger partial charge in [-0.1, -0.05) is 0 Å². The summed E-state index contributed by atoms with van der Waals surface area (Å²) < 4.78 is 5.37. The summed E-state index contributed by atoms with van der Waals surface area (Å²) in [7, 11) is 0. The Morgan fingerprint density at radius 1 is 1.11 bits per heavy atom.